The third-order valence-electron chi connectivity index (χ3n) is 4.80. The SMILES string of the molecule is CN(C)CCNC(=O)C1CCN(C(=O)c2cc(-c3ccncc3)n[nH]2)CC1. The van der Waals surface area contributed by atoms with Crippen LogP contribution in [0.2, 0.25) is 0 Å². The van der Waals surface area contributed by atoms with E-state index >= 15 is 0 Å². The minimum Gasteiger partial charge on any atom is -0.355 e. The van der Waals surface area contributed by atoms with Crippen LogP contribution in [-0.2, 0) is 4.79 Å². The van der Waals surface area contributed by atoms with Crippen LogP contribution in [-0.4, -0.2) is 77.1 Å². The molecule has 0 aliphatic carbocycles. The van der Waals surface area contributed by atoms with Gasteiger partial charge in [0.15, 0.2) is 0 Å². The third-order valence-corrected chi connectivity index (χ3v) is 4.80. The molecule has 0 bridgehead atoms. The van der Waals surface area contributed by atoms with Gasteiger partial charge in [0.1, 0.15) is 5.69 Å². The zero-order chi connectivity index (χ0) is 19.2. The van der Waals surface area contributed by atoms with E-state index in [0.29, 0.717) is 38.2 Å². The molecule has 1 aliphatic rings. The van der Waals surface area contributed by atoms with E-state index in [4.69, 9.17) is 0 Å². The highest BCUT2D eigenvalue weighted by atomic mass is 16.2. The summed E-state index contributed by atoms with van der Waals surface area (Å²) >= 11 is 0. The van der Waals surface area contributed by atoms with Gasteiger partial charge in [-0.05, 0) is 45.1 Å². The van der Waals surface area contributed by atoms with Crippen LogP contribution < -0.4 is 5.32 Å². The summed E-state index contributed by atoms with van der Waals surface area (Å²) < 4.78 is 0. The number of carbonyl (C=O) groups excluding carboxylic acids is 2. The second-order valence-corrected chi connectivity index (χ2v) is 7.06. The van der Waals surface area contributed by atoms with E-state index < -0.39 is 0 Å². The number of amides is 2. The van der Waals surface area contributed by atoms with Crippen molar-refractivity contribution in [3.63, 3.8) is 0 Å². The minimum atomic E-state index is -0.0747. The highest BCUT2D eigenvalue weighted by Gasteiger charge is 2.28. The van der Waals surface area contributed by atoms with Gasteiger partial charge in [-0.15, -0.1) is 0 Å². The Balaban J connectivity index is 1.52. The van der Waals surface area contributed by atoms with E-state index in [-0.39, 0.29) is 17.7 Å². The van der Waals surface area contributed by atoms with Gasteiger partial charge in [0.2, 0.25) is 5.91 Å². The van der Waals surface area contributed by atoms with Crippen LogP contribution >= 0.6 is 0 Å². The molecule has 2 aromatic heterocycles. The lowest BCUT2D eigenvalue weighted by Gasteiger charge is -2.31. The van der Waals surface area contributed by atoms with Crippen LogP contribution in [0.5, 0.6) is 0 Å². The Bertz CT molecular complexity index is 766. The predicted molar refractivity (Wildman–Crippen MR) is 102 cm³/mol. The first-order valence-corrected chi connectivity index (χ1v) is 9.22. The van der Waals surface area contributed by atoms with Crippen molar-refractivity contribution in [3.8, 4) is 11.3 Å². The van der Waals surface area contributed by atoms with Crippen LogP contribution in [0.4, 0.5) is 0 Å². The van der Waals surface area contributed by atoms with E-state index in [9.17, 15) is 9.59 Å². The summed E-state index contributed by atoms with van der Waals surface area (Å²) in [6.07, 6.45) is 4.76. The first kappa shape index (κ1) is 19.0. The molecule has 3 rings (SSSR count). The first-order chi connectivity index (χ1) is 13.0. The average molecular weight is 370 g/mol. The number of nitrogens with one attached hydrogen (secondary N) is 2. The number of rotatable bonds is 6. The molecule has 1 fully saturated rings. The van der Waals surface area contributed by atoms with E-state index in [1.54, 1.807) is 23.4 Å². The summed E-state index contributed by atoms with van der Waals surface area (Å²) in [5, 5.41) is 10.0. The summed E-state index contributed by atoms with van der Waals surface area (Å²) in [5.41, 5.74) is 2.10. The van der Waals surface area contributed by atoms with E-state index in [1.807, 2.05) is 31.1 Å². The van der Waals surface area contributed by atoms with Gasteiger partial charge >= 0.3 is 0 Å². The van der Waals surface area contributed by atoms with Crippen LogP contribution in [0.3, 0.4) is 0 Å². The van der Waals surface area contributed by atoms with Crippen LogP contribution in [0.15, 0.2) is 30.6 Å². The van der Waals surface area contributed by atoms with Crippen molar-refractivity contribution >= 4 is 11.8 Å². The molecule has 1 aliphatic heterocycles. The Morgan fingerprint density at radius 1 is 1.26 bits per heavy atom. The Morgan fingerprint density at radius 3 is 2.63 bits per heavy atom. The molecule has 2 N–H and O–H groups in total. The fraction of sp³-hybridized carbons (Fsp3) is 0.474. The summed E-state index contributed by atoms with van der Waals surface area (Å²) in [4.78, 5) is 32.7. The maximum absolute atomic E-state index is 12.7. The second-order valence-electron chi connectivity index (χ2n) is 7.06. The number of carbonyl (C=O) groups is 2. The predicted octanol–water partition coefficient (Wildman–Crippen LogP) is 1.00. The zero-order valence-electron chi connectivity index (χ0n) is 15.8. The van der Waals surface area contributed by atoms with Crippen molar-refractivity contribution in [1.29, 1.82) is 0 Å². The van der Waals surface area contributed by atoms with Gasteiger partial charge in [0, 0.05) is 50.1 Å². The molecule has 0 radical (unpaired) electrons. The van der Waals surface area contributed by atoms with Crippen molar-refractivity contribution in [3.05, 3.63) is 36.3 Å². The molecule has 2 aromatic rings. The number of nitrogens with zero attached hydrogens (tertiary/aromatic N) is 4. The lowest BCUT2D eigenvalue weighted by Crippen LogP contribution is -2.44. The summed E-state index contributed by atoms with van der Waals surface area (Å²) in [5.74, 6) is -0.00917. The Labute approximate surface area is 159 Å². The number of hydrogen-bond donors (Lipinski definition) is 2. The highest BCUT2D eigenvalue weighted by Crippen LogP contribution is 2.21. The summed E-state index contributed by atoms with van der Waals surface area (Å²) in [6.45, 7) is 2.63. The molecule has 144 valence electrons. The van der Waals surface area contributed by atoms with Gasteiger partial charge in [-0.1, -0.05) is 0 Å². The van der Waals surface area contributed by atoms with Crippen molar-refractivity contribution in [2.75, 3.05) is 40.3 Å². The molecule has 0 unspecified atom stereocenters. The standard InChI is InChI=1S/C19H26N6O2/c1-24(2)12-9-21-18(26)15-5-10-25(11-6-15)19(27)17-13-16(22-23-17)14-3-7-20-8-4-14/h3-4,7-8,13,15H,5-6,9-12H2,1-2H3,(H,21,26)(H,22,23). The monoisotopic (exact) mass is 370 g/mol. The smallest absolute Gasteiger partial charge is 0.271 e. The molecule has 27 heavy (non-hydrogen) atoms. The highest BCUT2D eigenvalue weighted by molar-refractivity contribution is 5.93. The molecule has 3 heterocycles. The number of pyridine rings is 1. The third kappa shape index (κ3) is 4.91. The number of H-pyrrole nitrogens is 1. The van der Waals surface area contributed by atoms with Gasteiger partial charge < -0.3 is 15.1 Å². The number of aromatic amines is 1. The summed E-state index contributed by atoms with van der Waals surface area (Å²) in [7, 11) is 3.96. The Hall–Kier alpha value is -2.74. The lowest BCUT2D eigenvalue weighted by atomic mass is 9.95. The van der Waals surface area contributed by atoms with Gasteiger partial charge in [-0.3, -0.25) is 19.7 Å². The second kappa shape index (κ2) is 8.77. The van der Waals surface area contributed by atoms with Gasteiger partial charge in [0.25, 0.3) is 5.91 Å². The maximum atomic E-state index is 12.7. The van der Waals surface area contributed by atoms with Gasteiger partial charge in [-0.2, -0.15) is 5.10 Å². The molecule has 0 atom stereocenters. The quantitative estimate of drug-likeness (QED) is 0.791. The largest absolute Gasteiger partial charge is 0.355 e. The first-order valence-electron chi connectivity index (χ1n) is 9.22. The number of aromatic nitrogens is 3. The lowest BCUT2D eigenvalue weighted by molar-refractivity contribution is -0.126. The molecular weight excluding hydrogens is 344 g/mol. The molecule has 0 aromatic carbocycles. The fourth-order valence-electron chi connectivity index (χ4n) is 3.16. The Kier molecular flexibility index (Phi) is 6.18. The average Bonchev–Trinajstić information content (AvgIpc) is 3.18. The molecule has 8 nitrogen and oxygen atoms in total. The Morgan fingerprint density at radius 2 is 1.96 bits per heavy atom. The van der Waals surface area contributed by atoms with E-state index in [2.05, 4.69) is 20.5 Å². The van der Waals surface area contributed by atoms with Crippen LogP contribution in [0.25, 0.3) is 11.3 Å². The van der Waals surface area contributed by atoms with Crippen molar-refractivity contribution in [2.24, 2.45) is 5.92 Å². The van der Waals surface area contributed by atoms with Crippen LogP contribution in [0, 0.1) is 5.92 Å². The molecule has 2 amide bonds. The molecular formula is C19H26N6O2. The van der Waals surface area contributed by atoms with Gasteiger partial charge in [-0.25, -0.2) is 0 Å². The number of likely N-dealkylation sites (tertiary alicyclic amines) is 1. The van der Waals surface area contributed by atoms with Crippen molar-refractivity contribution in [2.45, 2.75) is 12.8 Å². The van der Waals surface area contributed by atoms with Crippen molar-refractivity contribution in [1.82, 2.24) is 30.3 Å². The number of hydrogen-bond acceptors (Lipinski definition) is 5. The fourth-order valence-corrected chi connectivity index (χ4v) is 3.16. The number of piperidine rings is 1. The molecule has 8 heteroatoms. The normalized spacial score (nSPS) is 15.1. The van der Waals surface area contributed by atoms with Gasteiger partial charge in [0.05, 0.1) is 5.69 Å². The summed E-state index contributed by atoms with van der Waals surface area (Å²) in [6, 6.07) is 5.47. The minimum absolute atomic E-state index is 0.0228. The topological polar surface area (TPSA) is 94.2 Å². The molecule has 0 saturated carbocycles. The number of likely N-dealkylation sites (N-methyl/N-ethyl adjacent to an activating group) is 1. The maximum Gasteiger partial charge on any atom is 0.271 e. The zero-order valence-corrected chi connectivity index (χ0v) is 15.8. The molecule has 0 spiro atoms. The van der Waals surface area contributed by atoms with Crippen LogP contribution in [0.1, 0.15) is 23.3 Å². The van der Waals surface area contributed by atoms with E-state index in [1.165, 1.54) is 0 Å². The van der Waals surface area contributed by atoms with Crippen molar-refractivity contribution < 1.29 is 9.59 Å². The molecule has 1 saturated heterocycles. The van der Waals surface area contributed by atoms with E-state index in [0.717, 1.165) is 17.8 Å².